The Labute approximate surface area is 113 Å². The monoisotopic (exact) mass is 276 g/mol. The molecule has 7 nitrogen and oxygen atoms in total. The van der Waals surface area contributed by atoms with Crippen LogP contribution in [0.1, 0.15) is 12.8 Å². The topological polar surface area (TPSA) is 102 Å². The van der Waals surface area contributed by atoms with Gasteiger partial charge in [0.2, 0.25) is 0 Å². The lowest BCUT2D eigenvalue weighted by atomic mass is 10.2. The number of nitrogens with zero attached hydrogens (tertiary/aromatic N) is 2. The number of non-ortho nitro benzene ring substituents is 1. The minimum absolute atomic E-state index is 0.0119. The molecule has 7 heteroatoms. The van der Waals surface area contributed by atoms with Gasteiger partial charge < -0.3 is 9.67 Å². The van der Waals surface area contributed by atoms with E-state index in [0.29, 0.717) is 5.52 Å². The van der Waals surface area contributed by atoms with Crippen molar-refractivity contribution < 1.29 is 19.6 Å². The molecule has 104 valence electrons. The normalized spacial score (nSPS) is 10.6. The first-order valence-corrected chi connectivity index (χ1v) is 5.94. The lowest BCUT2D eigenvalue weighted by Gasteiger charge is -2.04. The number of carbonyl (C=O) groups excluding carboxylic acids is 1. The largest absolute Gasteiger partial charge is 0.481 e. The Hall–Kier alpha value is -2.70. The minimum Gasteiger partial charge on any atom is -0.481 e. The van der Waals surface area contributed by atoms with Crippen molar-refractivity contribution >= 4 is 28.3 Å². The van der Waals surface area contributed by atoms with E-state index in [4.69, 9.17) is 5.11 Å². The Bertz CT molecular complexity index is 689. The fraction of sp³-hybridized carbons (Fsp3) is 0.231. The lowest BCUT2D eigenvalue weighted by molar-refractivity contribution is -0.384. The van der Waals surface area contributed by atoms with E-state index in [2.05, 4.69) is 0 Å². The molecule has 1 aromatic heterocycles. The van der Waals surface area contributed by atoms with Crippen molar-refractivity contribution in [2.45, 2.75) is 19.4 Å². The fourth-order valence-electron chi connectivity index (χ4n) is 1.94. The number of aliphatic carboxylic acids is 1. The first-order chi connectivity index (χ1) is 9.47. The van der Waals surface area contributed by atoms with Gasteiger partial charge in [0.25, 0.3) is 5.69 Å². The van der Waals surface area contributed by atoms with E-state index >= 15 is 0 Å². The molecule has 0 aliphatic carbocycles. The number of carboxylic acids is 1. The van der Waals surface area contributed by atoms with Crippen molar-refractivity contribution in [3.8, 4) is 0 Å². The summed E-state index contributed by atoms with van der Waals surface area (Å²) < 4.78 is 1.59. The molecule has 1 heterocycles. The third-order valence-electron chi connectivity index (χ3n) is 2.93. The molecule has 0 saturated heterocycles. The average Bonchev–Trinajstić information content (AvgIpc) is 2.79. The van der Waals surface area contributed by atoms with Crippen LogP contribution < -0.4 is 0 Å². The van der Waals surface area contributed by atoms with Crippen molar-refractivity contribution in [1.82, 2.24) is 4.57 Å². The molecule has 1 N–H and O–H groups in total. The molecule has 0 radical (unpaired) electrons. The Morgan fingerprint density at radius 1 is 1.25 bits per heavy atom. The van der Waals surface area contributed by atoms with E-state index in [9.17, 15) is 19.7 Å². The van der Waals surface area contributed by atoms with E-state index in [1.807, 2.05) is 0 Å². The van der Waals surface area contributed by atoms with Gasteiger partial charge >= 0.3 is 5.97 Å². The molecule has 0 fully saturated rings. The number of carboxylic acid groups (broad SMARTS) is 1. The summed E-state index contributed by atoms with van der Waals surface area (Å²) in [6, 6.07) is 6.17. The number of nitro benzene ring substituents is 1. The maximum Gasteiger partial charge on any atom is 0.303 e. The minimum atomic E-state index is -1.02. The quantitative estimate of drug-likeness (QED) is 0.642. The smallest absolute Gasteiger partial charge is 0.303 e. The summed E-state index contributed by atoms with van der Waals surface area (Å²) in [6.45, 7) is 0.0119. The zero-order valence-electron chi connectivity index (χ0n) is 10.5. The molecule has 20 heavy (non-hydrogen) atoms. The summed E-state index contributed by atoms with van der Waals surface area (Å²) in [5.74, 6) is -1.25. The fourth-order valence-corrected chi connectivity index (χ4v) is 1.94. The highest BCUT2D eigenvalue weighted by Gasteiger charge is 2.12. The van der Waals surface area contributed by atoms with Crippen LogP contribution in [0.2, 0.25) is 0 Å². The maximum atomic E-state index is 11.7. The van der Waals surface area contributed by atoms with Gasteiger partial charge in [0, 0.05) is 30.1 Å². The second-order valence-corrected chi connectivity index (χ2v) is 4.38. The zero-order valence-corrected chi connectivity index (χ0v) is 10.5. The molecular formula is C13H12N2O5. The van der Waals surface area contributed by atoms with Crippen LogP contribution in [0.25, 0.3) is 10.9 Å². The molecule has 0 saturated carbocycles. The van der Waals surface area contributed by atoms with Gasteiger partial charge in [-0.1, -0.05) is 0 Å². The number of Topliss-reactive ketones (excluding diaryl/α,β-unsaturated/α-hetero) is 1. The number of ketones is 1. The van der Waals surface area contributed by atoms with Crippen molar-refractivity contribution in [3.63, 3.8) is 0 Å². The Balaban J connectivity index is 2.21. The third kappa shape index (κ3) is 3.00. The highest BCUT2D eigenvalue weighted by Crippen LogP contribution is 2.22. The van der Waals surface area contributed by atoms with Gasteiger partial charge in [-0.3, -0.25) is 19.7 Å². The first kappa shape index (κ1) is 13.7. The molecule has 0 unspecified atom stereocenters. The molecule has 0 aliphatic heterocycles. The van der Waals surface area contributed by atoms with Crippen LogP contribution in [-0.2, 0) is 16.1 Å². The van der Waals surface area contributed by atoms with Crippen LogP contribution in [0.3, 0.4) is 0 Å². The Kier molecular flexibility index (Phi) is 3.79. The van der Waals surface area contributed by atoms with Crippen molar-refractivity contribution in [2.24, 2.45) is 0 Å². The number of hydrogen-bond donors (Lipinski definition) is 1. The van der Waals surface area contributed by atoms with Gasteiger partial charge in [-0.25, -0.2) is 0 Å². The SMILES string of the molecule is O=C(O)CCC(=O)Cn1ccc2ccc([N+](=O)[O-])cc21. The molecule has 0 atom stereocenters. The molecule has 2 aromatic rings. The predicted octanol–water partition coefficient (Wildman–Crippen LogP) is 1.98. The number of rotatable bonds is 6. The second kappa shape index (κ2) is 5.52. The molecule has 2 rings (SSSR count). The number of hydrogen-bond acceptors (Lipinski definition) is 4. The number of carbonyl (C=O) groups is 2. The number of benzene rings is 1. The van der Waals surface area contributed by atoms with Crippen molar-refractivity contribution in [3.05, 3.63) is 40.6 Å². The Morgan fingerprint density at radius 3 is 2.65 bits per heavy atom. The molecule has 0 bridgehead atoms. The van der Waals surface area contributed by atoms with E-state index < -0.39 is 10.9 Å². The predicted molar refractivity (Wildman–Crippen MR) is 70.5 cm³/mol. The van der Waals surface area contributed by atoms with Crippen LogP contribution in [0.5, 0.6) is 0 Å². The van der Waals surface area contributed by atoms with Gasteiger partial charge in [0.05, 0.1) is 23.4 Å². The summed E-state index contributed by atoms with van der Waals surface area (Å²) >= 11 is 0. The van der Waals surface area contributed by atoms with Crippen LogP contribution in [0.4, 0.5) is 5.69 Å². The van der Waals surface area contributed by atoms with Gasteiger partial charge in [0.15, 0.2) is 5.78 Å². The Morgan fingerprint density at radius 2 is 2.00 bits per heavy atom. The lowest BCUT2D eigenvalue weighted by Crippen LogP contribution is -2.10. The molecule has 0 spiro atoms. The maximum absolute atomic E-state index is 11.7. The molecule has 0 aliphatic rings. The van der Waals surface area contributed by atoms with E-state index in [-0.39, 0.29) is 30.9 Å². The summed E-state index contributed by atoms with van der Waals surface area (Å²) in [5, 5.41) is 20.1. The summed E-state index contributed by atoms with van der Waals surface area (Å²) in [7, 11) is 0. The third-order valence-corrected chi connectivity index (χ3v) is 2.93. The number of nitro groups is 1. The first-order valence-electron chi connectivity index (χ1n) is 5.94. The van der Waals surface area contributed by atoms with Gasteiger partial charge in [0.1, 0.15) is 0 Å². The van der Waals surface area contributed by atoms with Crippen LogP contribution in [0.15, 0.2) is 30.5 Å². The van der Waals surface area contributed by atoms with Crippen LogP contribution in [0, 0.1) is 10.1 Å². The molecule has 1 aromatic carbocycles. The highest BCUT2D eigenvalue weighted by molar-refractivity contribution is 5.86. The zero-order chi connectivity index (χ0) is 14.7. The molecular weight excluding hydrogens is 264 g/mol. The number of aromatic nitrogens is 1. The van der Waals surface area contributed by atoms with Crippen LogP contribution >= 0.6 is 0 Å². The van der Waals surface area contributed by atoms with Gasteiger partial charge in [-0.15, -0.1) is 0 Å². The average molecular weight is 276 g/mol. The van der Waals surface area contributed by atoms with Gasteiger partial charge in [-0.05, 0) is 12.1 Å². The van der Waals surface area contributed by atoms with Gasteiger partial charge in [-0.2, -0.15) is 0 Å². The number of fused-ring (bicyclic) bond motifs is 1. The van der Waals surface area contributed by atoms with E-state index in [1.165, 1.54) is 12.1 Å². The van der Waals surface area contributed by atoms with E-state index in [1.54, 1.807) is 22.9 Å². The van der Waals surface area contributed by atoms with Crippen molar-refractivity contribution in [2.75, 3.05) is 0 Å². The summed E-state index contributed by atoms with van der Waals surface area (Å²) in [6.07, 6.45) is 1.40. The van der Waals surface area contributed by atoms with E-state index in [0.717, 1.165) is 5.39 Å². The van der Waals surface area contributed by atoms with Crippen LogP contribution in [-0.4, -0.2) is 26.3 Å². The summed E-state index contributed by atoms with van der Waals surface area (Å²) in [4.78, 5) is 32.3. The standard InChI is InChI=1S/C13H12N2O5/c16-11(3-4-13(17)18)8-14-6-5-9-1-2-10(15(19)20)7-12(9)14/h1-2,5-7H,3-4,8H2,(H,17,18). The van der Waals surface area contributed by atoms with Crippen molar-refractivity contribution in [1.29, 1.82) is 0 Å². The summed E-state index contributed by atoms with van der Waals surface area (Å²) in [5.41, 5.74) is 0.540. The molecule has 0 amide bonds. The second-order valence-electron chi connectivity index (χ2n) is 4.38. The highest BCUT2D eigenvalue weighted by atomic mass is 16.6.